The summed E-state index contributed by atoms with van der Waals surface area (Å²) in [5.74, 6) is 0.115. The van der Waals surface area contributed by atoms with E-state index in [1.54, 1.807) is 19.1 Å². The lowest BCUT2D eigenvalue weighted by atomic mass is 9.88. The highest BCUT2D eigenvalue weighted by Crippen LogP contribution is 2.19. The highest BCUT2D eigenvalue weighted by molar-refractivity contribution is 5.94. The first-order valence-electron chi connectivity index (χ1n) is 8.70. The number of aliphatic hydroxyl groups is 1. The van der Waals surface area contributed by atoms with Crippen molar-refractivity contribution in [3.8, 4) is 0 Å². The number of hydrogen-bond donors (Lipinski definition) is 2. The first-order valence-corrected chi connectivity index (χ1v) is 8.70. The topological polar surface area (TPSA) is 69.6 Å². The minimum absolute atomic E-state index is 0.109. The first-order chi connectivity index (χ1) is 11.3. The van der Waals surface area contributed by atoms with Crippen LogP contribution in [-0.4, -0.2) is 40.5 Å². The molecule has 2 amide bonds. The molecule has 1 aliphatic heterocycles. The van der Waals surface area contributed by atoms with Crippen molar-refractivity contribution in [3.05, 3.63) is 35.4 Å². The average Bonchev–Trinajstić information content (AvgIpc) is 2.97. The van der Waals surface area contributed by atoms with Gasteiger partial charge in [0.05, 0.1) is 5.60 Å². The third-order valence-corrected chi connectivity index (χ3v) is 5.04. The molecule has 1 heterocycles. The molecule has 0 aliphatic carbocycles. The molecule has 1 saturated heterocycles. The fourth-order valence-corrected chi connectivity index (χ4v) is 2.83. The number of carbonyl (C=O) groups is 2. The number of carbonyl (C=O) groups excluding carboxylic acids is 2. The lowest BCUT2D eigenvalue weighted by Crippen LogP contribution is -2.45. The Balaban J connectivity index is 1.90. The van der Waals surface area contributed by atoms with Crippen molar-refractivity contribution in [1.29, 1.82) is 0 Å². The van der Waals surface area contributed by atoms with E-state index in [1.165, 1.54) is 0 Å². The molecule has 2 rings (SSSR count). The van der Waals surface area contributed by atoms with E-state index in [4.69, 9.17) is 0 Å². The number of amides is 2. The summed E-state index contributed by atoms with van der Waals surface area (Å²) >= 11 is 0. The van der Waals surface area contributed by atoms with Crippen LogP contribution >= 0.6 is 0 Å². The molecule has 2 N–H and O–H groups in total. The van der Waals surface area contributed by atoms with Gasteiger partial charge in [-0.25, -0.2) is 0 Å². The van der Waals surface area contributed by atoms with Crippen LogP contribution in [0.15, 0.2) is 24.3 Å². The van der Waals surface area contributed by atoms with E-state index in [2.05, 4.69) is 5.32 Å². The van der Waals surface area contributed by atoms with Gasteiger partial charge >= 0.3 is 0 Å². The third-order valence-electron chi connectivity index (χ3n) is 5.04. The molecule has 2 atom stereocenters. The largest absolute Gasteiger partial charge is 0.388 e. The normalized spacial score (nSPS) is 18.3. The van der Waals surface area contributed by atoms with Crippen molar-refractivity contribution in [2.24, 2.45) is 5.92 Å². The Labute approximate surface area is 144 Å². The van der Waals surface area contributed by atoms with Crippen LogP contribution in [-0.2, 0) is 11.3 Å². The Morgan fingerprint density at radius 2 is 2.04 bits per heavy atom. The van der Waals surface area contributed by atoms with Gasteiger partial charge in [-0.3, -0.25) is 9.59 Å². The summed E-state index contributed by atoms with van der Waals surface area (Å²) in [6.45, 7) is 7.38. The number of rotatable bonds is 7. The number of hydrogen-bond acceptors (Lipinski definition) is 3. The smallest absolute Gasteiger partial charge is 0.251 e. The zero-order chi connectivity index (χ0) is 17.7. The maximum absolute atomic E-state index is 12.2. The quantitative estimate of drug-likeness (QED) is 0.805. The Morgan fingerprint density at radius 3 is 2.58 bits per heavy atom. The lowest BCUT2D eigenvalue weighted by Gasteiger charge is -2.29. The van der Waals surface area contributed by atoms with Gasteiger partial charge in [-0.15, -0.1) is 0 Å². The summed E-state index contributed by atoms with van der Waals surface area (Å²) in [4.78, 5) is 25.7. The van der Waals surface area contributed by atoms with E-state index >= 15 is 0 Å². The van der Waals surface area contributed by atoms with Gasteiger partial charge < -0.3 is 15.3 Å². The van der Waals surface area contributed by atoms with Gasteiger partial charge in [0.1, 0.15) is 0 Å². The molecule has 5 heteroatoms. The van der Waals surface area contributed by atoms with Gasteiger partial charge in [-0.2, -0.15) is 0 Å². The molecule has 0 spiro atoms. The fraction of sp³-hybridized carbons (Fsp3) is 0.579. The molecule has 0 radical (unpaired) electrons. The predicted octanol–water partition coefficient (Wildman–Crippen LogP) is 2.34. The molecule has 2 unspecified atom stereocenters. The van der Waals surface area contributed by atoms with Gasteiger partial charge in [-0.05, 0) is 37.0 Å². The van der Waals surface area contributed by atoms with Crippen molar-refractivity contribution in [2.75, 3.05) is 13.1 Å². The SMILES string of the molecule is CCC(C)C(C)(O)CNC(=O)c1ccc(CN2CCCC2=O)cc1. The minimum atomic E-state index is -0.916. The van der Waals surface area contributed by atoms with Crippen LogP contribution in [0.2, 0.25) is 0 Å². The summed E-state index contributed by atoms with van der Waals surface area (Å²) in [5, 5.41) is 13.2. The molecule has 24 heavy (non-hydrogen) atoms. The van der Waals surface area contributed by atoms with Crippen LogP contribution in [0.25, 0.3) is 0 Å². The lowest BCUT2D eigenvalue weighted by molar-refractivity contribution is -0.128. The van der Waals surface area contributed by atoms with Gasteiger partial charge in [-0.1, -0.05) is 32.4 Å². The molecule has 1 fully saturated rings. The van der Waals surface area contributed by atoms with E-state index in [9.17, 15) is 14.7 Å². The number of nitrogens with one attached hydrogen (secondary N) is 1. The highest BCUT2D eigenvalue weighted by Gasteiger charge is 2.27. The Morgan fingerprint density at radius 1 is 1.38 bits per heavy atom. The minimum Gasteiger partial charge on any atom is -0.388 e. The number of benzene rings is 1. The maximum Gasteiger partial charge on any atom is 0.251 e. The molecule has 0 bridgehead atoms. The van der Waals surface area contributed by atoms with E-state index in [-0.39, 0.29) is 24.3 Å². The standard InChI is InChI=1S/C19H28N2O3/c1-4-14(2)19(3,24)13-20-18(23)16-9-7-15(8-10-16)12-21-11-5-6-17(21)22/h7-10,14,24H,4-6,11-13H2,1-3H3,(H,20,23). The molecular formula is C19H28N2O3. The van der Waals surface area contributed by atoms with Crippen LogP contribution in [0.4, 0.5) is 0 Å². The van der Waals surface area contributed by atoms with Crippen molar-refractivity contribution in [3.63, 3.8) is 0 Å². The Kier molecular flexibility index (Phi) is 5.99. The summed E-state index contributed by atoms with van der Waals surface area (Å²) in [6, 6.07) is 7.30. The molecule has 1 aromatic rings. The molecule has 1 aliphatic rings. The zero-order valence-electron chi connectivity index (χ0n) is 14.8. The van der Waals surface area contributed by atoms with E-state index in [0.29, 0.717) is 18.5 Å². The van der Waals surface area contributed by atoms with Crippen molar-refractivity contribution in [2.45, 2.75) is 52.2 Å². The van der Waals surface area contributed by atoms with Gasteiger partial charge in [0.2, 0.25) is 5.91 Å². The molecule has 0 aromatic heterocycles. The average molecular weight is 332 g/mol. The van der Waals surface area contributed by atoms with Gasteiger partial charge in [0, 0.05) is 31.6 Å². The second kappa shape index (κ2) is 7.79. The second-order valence-corrected chi connectivity index (χ2v) is 6.96. The Hall–Kier alpha value is -1.88. The third kappa shape index (κ3) is 4.57. The van der Waals surface area contributed by atoms with E-state index in [0.717, 1.165) is 24.9 Å². The number of likely N-dealkylation sites (tertiary alicyclic amines) is 1. The predicted molar refractivity (Wildman–Crippen MR) is 93.5 cm³/mol. The number of nitrogens with zero attached hydrogens (tertiary/aromatic N) is 1. The van der Waals surface area contributed by atoms with Crippen LogP contribution < -0.4 is 5.32 Å². The molecular weight excluding hydrogens is 304 g/mol. The van der Waals surface area contributed by atoms with Crippen molar-refractivity contribution < 1.29 is 14.7 Å². The molecule has 1 aromatic carbocycles. The van der Waals surface area contributed by atoms with Crippen LogP contribution in [0, 0.1) is 5.92 Å². The first kappa shape index (κ1) is 18.5. The monoisotopic (exact) mass is 332 g/mol. The van der Waals surface area contributed by atoms with Crippen LogP contribution in [0.3, 0.4) is 0 Å². The van der Waals surface area contributed by atoms with Crippen LogP contribution in [0.5, 0.6) is 0 Å². The van der Waals surface area contributed by atoms with Crippen LogP contribution in [0.1, 0.15) is 56.0 Å². The zero-order valence-corrected chi connectivity index (χ0v) is 14.8. The Bertz CT molecular complexity index is 581. The summed E-state index contributed by atoms with van der Waals surface area (Å²) in [6.07, 6.45) is 2.42. The maximum atomic E-state index is 12.2. The fourth-order valence-electron chi connectivity index (χ4n) is 2.83. The molecule has 132 valence electrons. The second-order valence-electron chi connectivity index (χ2n) is 6.96. The molecule has 0 saturated carbocycles. The van der Waals surface area contributed by atoms with E-state index < -0.39 is 5.60 Å². The summed E-state index contributed by atoms with van der Waals surface area (Å²) in [5.41, 5.74) is 0.667. The van der Waals surface area contributed by atoms with Gasteiger partial charge in [0.25, 0.3) is 5.91 Å². The highest BCUT2D eigenvalue weighted by atomic mass is 16.3. The van der Waals surface area contributed by atoms with Gasteiger partial charge in [0.15, 0.2) is 0 Å². The summed E-state index contributed by atoms with van der Waals surface area (Å²) in [7, 11) is 0. The van der Waals surface area contributed by atoms with Crippen molar-refractivity contribution >= 4 is 11.8 Å². The van der Waals surface area contributed by atoms with Crippen molar-refractivity contribution in [1.82, 2.24) is 10.2 Å². The van der Waals surface area contributed by atoms with E-state index in [1.807, 2.05) is 30.9 Å². The molecule has 5 nitrogen and oxygen atoms in total. The summed E-state index contributed by atoms with van der Waals surface area (Å²) < 4.78 is 0.